The molecular formula is C10H7F3O5P+. The van der Waals surface area contributed by atoms with E-state index in [0.29, 0.717) is 0 Å². The molecule has 9 heteroatoms. The Morgan fingerprint density at radius 2 is 1.79 bits per heavy atom. The Morgan fingerprint density at radius 3 is 2.37 bits per heavy atom. The maximum Gasteiger partial charge on any atom is 0.606 e. The average molecular weight is 295 g/mol. The fourth-order valence-corrected chi connectivity index (χ4v) is 2.43. The summed E-state index contributed by atoms with van der Waals surface area (Å²) in [7, 11) is -2.93. The van der Waals surface area contributed by atoms with Crippen LogP contribution >= 0.6 is 8.03 Å². The number of rotatable bonds is 3. The van der Waals surface area contributed by atoms with Crippen LogP contribution in [0.5, 0.6) is 5.75 Å². The molecule has 0 saturated carbocycles. The van der Waals surface area contributed by atoms with E-state index >= 15 is 0 Å². The summed E-state index contributed by atoms with van der Waals surface area (Å²) >= 11 is 0. The Hall–Kier alpha value is -1.82. The van der Waals surface area contributed by atoms with Crippen LogP contribution in [0.3, 0.4) is 0 Å². The number of carbonyl (C=O) groups is 1. The normalized spacial score (nSPS) is 23.5. The number of alkyl halides is 3. The van der Waals surface area contributed by atoms with Crippen molar-refractivity contribution in [3.8, 4) is 5.75 Å². The van der Waals surface area contributed by atoms with E-state index in [1.165, 1.54) is 12.1 Å². The lowest BCUT2D eigenvalue weighted by atomic mass is 10.3. The number of para-hydroxylation sites is 1. The fourth-order valence-electron chi connectivity index (χ4n) is 1.37. The zero-order chi connectivity index (χ0) is 14.0. The second-order valence-electron chi connectivity index (χ2n) is 3.53. The van der Waals surface area contributed by atoms with Gasteiger partial charge in [0.15, 0.2) is 5.75 Å². The Bertz CT molecular complexity index is 490. The van der Waals surface area contributed by atoms with Gasteiger partial charge in [-0.1, -0.05) is 18.2 Å². The molecule has 0 N–H and O–H groups in total. The fraction of sp³-hybridized carbons (Fsp3) is 0.300. The minimum absolute atomic E-state index is 0.104. The van der Waals surface area contributed by atoms with E-state index in [1.807, 2.05) is 0 Å². The van der Waals surface area contributed by atoms with Gasteiger partial charge in [-0.2, -0.15) is 13.2 Å². The Balaban J connectivity index is 2.11. The van der Waals surface area contributed by atoms with Crippen LogP contribution < -0.4 is 4.52 Å². The lowest BCUT2D eigenvalue weighted by Crippen LogP contribution is -2.36. The minimum Gasteiger partial charge on any atom is -0.412 e. The molecule has 1 fully saturated rings. The van der Waals surface area contributed by atoms with Gasteiger partial charge < -0.3 is 9.47 Å². The van der Waals surface area contributed by atoms with Gasteiger partial charge in [-0.3, -0.25) is 4.52 Å². The van der Waals surface area contributed by atoms with Gasteiger partial charge in [0.1, 0.15) is 0 Å². The summed E-state index contributed by atoms with van der Waals surface area (Å²) in [6.45, 7) is 0. The highest BCUT2D eigenvalue weighted by molar-refractivity contribution is 7.40. The number of halogens is 3. The molecule has 1 saturated heterocycles. The molecule has 1 aliphatic rings. The van der Waals surface area contributed by atoms with Gasteiger partial charge in [-0.15, -0.1) is 0 Å². The first-order valence-corrected chi connectivity index (χ1v) is 6.26. The molecule has 0 amide bonds. The van der Waals surface area contributed by atoms with Gasteiger partial charge in [0, 0.05) is 0 Å². The number of carbonyl (C=O) groups excluding carboxylic acids is 1. The molecular weight excluding hydrogens is 288 g/mol. The maximum atomic E-state index is 12.5. The molecule has 0 aromatic heterocycles. The molecule has 0 aliphatic carbocycles. The monoisotopic (exact) mass is 295 g/mol. The van der Waals surface area contributed by atoms with Crippen LogP contribution in [-0.2, 0) is 14.0 Å². The lowest BCUT2D eigenvalue weighted by molar-refractivity contribution is -0.197. The van der Waals surface area contributed by atoms with Crippen molar-refractivity contribution in [1.82, 2.24) is 0 Å². The number of cyclic esters (lactones) is 2. The molecule has 0 bridgehead atoms. The lowest BCUT2D eigenvalue weighted by Gasteiger charge is -2.10. The van der Waals surface area contributed by atoms with Crippen molar-refractivity contribution in [3.63, 3.8) is 0 Å². The first-order chi connectivity index (χ1) is 8.88. The molecule has 1 aromatic carbocycles. The third-order valence-corrected chi connectivity index (χ3v) is 3.35. The second kappa shape index (κ2) is 5.05. The minimum atomic E-state index is -4.87. The molecule has 1 heterocycles. The van der Waals surface area contributed by atoms with Crippen molar-refractivity contribution < 1.29 is 36.5 Å². The quantitative estimate of drug-likeness (QED) is 0.633. The van der Waals surface area contributed by atoms with Crippen LogP contribution in [0.15, 0.2) is 30.3 Å². The summed E-state index contributed by atoms with van der Waals surface area (Å²) < 4.78 is 62.3. The zero-order valence-electron chi connectivity index (χ0n) is 9.16. The summed E-state index contributed by atoms with van der Waals surface area (Å²) in [5.74, 6) is -1.91. The van der Waals surface area contributed by atoms with Crippen molar-refractivity contribution in [1.29, 1.82) is 0 Å². The van der Waals surface area contributed by atoms with Crippen LogP contribution in [0, 0.1) is 0 Å². The van der Waals surface area contributed by atoms with E-state index in [9.17, 15) is 22.5 Å². The first-order valence-electron chi connectivity index (χ1n) is 5.01. The van der Waals surface area contributed by atoms with Crippen molar-refractivity contribution in [2.24, 2.45) is 0 Å². The average Bonchev–Trinajstić information content (AvgIpc) is 2.72. The van der Waals surface area contributed by atoms with E-state index in [4.69, 9.17) is 4.52 Å². The van der Waals surface area contributed by atoms with Crippen LogP contribution in [-0.4, -0.2) is 24.3 Å². The molecule has 102 valence electrons. The van der Waals surface area contributed by atoms with Gasteiger partial charge in [0.2, 0.25) is 0 Å². The predicted molar refractivity (Wildman–Crippen MR) is 55.9 cm³/mol. The van der Waals surface area contributed by atoms with Gasteiger partial charge in [0.05, 0.1) is 0 Å². The molecule has 1 aromatic rings. The van der Waals surface area contributed by atoms with Crippen LogP contribution in [0.1, 0.15) is 0 Å². The molecule has 0 spiro atoms. The molecule has 19 heavy (non-hydrogen) atoms. The zero-order valence-corrected chi connectivity index (χ0v) is 10.1. The predicted octanol–water partition coefficient (Wildman–Crippen LogP) is 3.23. The Labute approximate surface area is 106 Å². The Morgan fingerprint density at radius 1 is 1.16 bits per heavy atom. The molecule has 5 nitrogen and oxygen atoms in total. The smallest absolute Gasteiger partial charge is 0.412 e. The highest BCUT2D eigenvalue weighted by atomic mass is 31.1. The van der Waals surface area contributed by atoms with Crippen molar-refractivity contribution in [2.45, 2.75) is 18.1 Å². The third kappa shape index (κ3) is 3.14. The largest absolute Gasteiger partial charge is 0.606 e. The maximum absolute atomic E-state index is 12.5. The van der Waals surface area contributed by atoms with E-state index in [2.05, 4.69) is 9.47 Å². The number of hydrogen-bond donors (Lipinski definition) is 0. The highest BCUT2D eigenvalue weighted by Crippen LogP contribution is 2.43. The van der Waals surface area contributed by atoms with Crippen LogP contribution in [0.25, 0.3) is 0 Å². The molecule has 2 rings (SSSR count). The molecule has 3 unspecified atom stereocenters. The van der Waals surface area contributed by atoms with Crippen molar-refractivity contribution >= 4 is 14.2 Å². The van der Waals surface area contributed by atoms with Gasteiger partial charge in [-0.25, -0.2) is 4.79 Å². The highest BCUT2D eigenvalue weighted by Gasteiger charge is 2.64. The van der Waals surface area contributed by atoms with Gasteiger partial charge in [-0.05, 0) is 16.7 Å². The SMILES string of the molecule is O=C1OC([P+](=O)Oc2ccccc2)C(C(F)(F)F)O1. The molecule has 3 atom stereocenters. The van der Waals surface area contributed by atoms with Crippen LogP contribution in [0.2, 0.25) is 0 Å². The first kappa shape index (κ1) is 13.6. The number of ether oxygens (including phenoxy) is 2. The van der Waals surface area contributed by atoms with E-state index < -0.39 is 32.3 Å². The standard InChI is InChI=1S/C10H7F3O5P/c11-10(12,13)7-8(17-9(14)16-7)19(15)18-6-4-2-1-3-5-6/h1-5,7-8H/q+1. The van der Waals surface area contributed by atoms with E-state index in [-0.39, 0.29) is 5.75 Å². The third-order valence-electron chi connectivity index (χ3n) is 2.17. The second-order valence-corrected chi connectivity index (χ2v) is 4.79. The number of benzene rings is 1. The summed E-state index contributed by atoms with van der Waals surface area (Å²) in [5.41, 5.74) is 0. The van der Waals surface area contributed by atoms with Gasteiger partial charge in [0.25, 0.3) is 6.10 Å². The topological polar surface area (TPSA) is 61.8 Å². The summed E-state index contributed by atoms with van der Waals surface area (Å²) in [5, 5.41) is 0. The summed E-state index contributed by atoms with van der Waals surface area (Å²) in [4.78, 5) is 10.7. The van der Waals surface area contributed by atoms with Crippen LogP contribution in [0.4, 0.5) is 18.0 Å². The van der Waals surface area contributed by atoms with Gasteiger partial charge >= 0.3 is 26.2 Å². The van der Waals surface area contributed by atoms with E-state index in [0.717, 1.165) is 0 Å². The molecule has 0 radical (unpaired) electrons. The summed E-state index contributed by atoms with van der Waals surface area (Å²) in [6.07, 6.45) is -8.98. The van der Waals surface area contributed by atoms with Crippen molar-refractivity contribution in [2.75, 3.05) is 0 Å². The summed E-state index contributed by atoms with van der Waals surface area (Å²) in [6, 6.07) is 7.58. The van der Waals surface area contributed by atoms with Crippen molar-refractivity contribution in [3.05, 3.63) is 30.3 Å². The number of hydrogen-bond acceptors (Lipinski definition) is 5. The van der Waals surface area contributed by atoms with E-state index in [1.54, 1.807) is 18.2 Å². The Kier molecular flexibility index (Phi) is 3.61. The molecule has 1 aliphatic heterocycles.